The van der Waals surface area contributed by atoms with E-state index in [-0.39, 0.29) is 39.5 Å². The molecule has 2 aliphatic carbocycles. The van der Waals surface area contributed by atoms with E-state index in [0.29, 0.717) is 12.1 Å². The quantitative estimate of drug-likeness (QED) is 0.400. The van der Waals surface area contributed by atoms with Crippen LogP contribution in [0.25, 0.3) is 0 Å². The summed E-state index contributed by atoms with van der Waals surface area (Å²) in [5.74, 6) is -7.12. The number of hydrogen-bond donors (Lipinski definition) is 3. The van der Waals surface area contributed by atoms with E-state index in [0.717, 1.165) is 12.5 Å². The third-order valence-corrected chi connectivity index (χ3v) is 7.47. The number of likely N-dealkylation sites (N-methyl/N-ethyl adjacent to an activating group) is 1. The van der Waals surface area contributed by atoms with Gasteiger partial charge in [0.1, 0.15) is 17.1 Å². The van der Waals surface area contributed by atoms with E-state index in [2.05, 4.69) is 16.0 Å². The lowest BCUT2D eigenvalue weighted by molar-refractivity contribution is -0.164. The van der Waals surface area contributed by atoms with E-state index in [1.165, 1.54) is 26.1 Å². The van der Waals surface area contributed by atoms with Gasteiger partial charge in [-0.15, -0.1) is 0 Å². The SMILES string of the molecule is CNC(=O)C1(NC(=O)C(=O)c2c(C)c(C(=O)Nc3ccc(F)c(Cl)c3)n3c2C[C@@H]2C[C@@H]23)CC(F)(F)C1. The highest BCUT2D eigenvalue weighted by molar-refractivity contribution is 6.44. The van der Waals surface area contributed by atoms with Crippen molar-refractivity contribution in [3.8, 4) is 0 Å². The molecule has 0 spiro atoms. The van der Waals surface area contributed by atoms with Crippen LogP contribution < -0.4 is 16.0 Å². The van der Waals surface area contributed by atoms with E-state index in [1.807, 2.05) is 0 Å². The molecule has 2 saturated carbocycles. The Kier molecular flexibility index (Phi) is 5.47. The number of rotatable bonds is 6. The first kappa shape index (κ1) is 24.4. The molecule has 36 heavy (non-hydrogen) atoms. The molecule has 2 fully saturated rings. The molecule has 2 aromatic rings. The molecule has 0 saturated heterocycles. The smallest absolute Gasteiger partial charge is 0.293 e. The lowest BCUT2D eigenvalue weighted by Gasteiger charge is -2.45. The van der Waals surface area contributed by atoms with Gasteiger partial charge < -0.3 is 20.5 Å². The number of aromatic nitrogens is 1. The molecule has 0 radical (unpaired) electrons. The summed E-state index contributed by atoms with van der Waals surface area (Å²) in [7, 11) is 1.25. The number of ketones is 1. The number of nitrogens with zero attached hydrogens (tertiary/aromatic N) is 1. The fourth-order valence-electron chi connectivity index (χ4n) is 5.46. The Morgan fingerprint density at radius 1 is 1.17 bits per heavy atom. The minimum absolute atomic E-state index is 0.00315. The second-order valence-corrected chi connectivity index (χ2v) is 10.1. The van der Waals surface area contributed by atoms with Crippen LogP contribution in [0, 0.1) is 18.7 Å². The Bertz CT molecular complexity index is 1350. The minimum atomic E-state index is -3.13. The van der Waals surface area contributed by atoms with Crippen molar-refractivity contribution in [2.45, 2.75) is 50.1 Å². The third-order valence-electron chi connectivity index (χ3n) is 7.18. The second kappa shape index (κ2) is 8.09. The van der Waals surface area contributed by atoms with Crippen LogP contribution in [0.1, 0.15) is 57.4 Å². The Morgan fingerprint density at radius 2 is 1.86 bits per heavy atom. The highest BCUT2D eigenvalue weighted by atomic mass is 35.5. The summed E-state index contributed by atoms with van der Waals surface area (Å²) in [5, 5.41) is 6.95. The number of carbonyl (C=O) groups excluding carboxylic acids is 4. The first-order valence-corrected chi connectivity index (χ1v) is 11.7. The predicted molar refractivity (Wildman–Crippen MR) is 123 cm³/mol. The van der Waals surface area contributed by atoms with Gasteiger partial charge in [-0.3, -0.25) is 19.2 Å². The van der Waals surface area contributed by atoms with Crippen LogP contribution in [0.3, 0.4) is 0 Å². The van der Waals surface area contributed by atoms with Crippen molar-refractivity contribution in [1.82, 2.24) is 15.2 Å². The minimum Gasteiger partial charge on any atom is -0.357 e. The first-order valence-electron chi connectivity index (χ1n) is 11.3. The van der Waals surface area contributed by atoms with Gasteiger partial charge in [0.05, 0.1) is 10.6 Å². The second-order valence-electron chi connectivity index (χ2n) is 9.67. The molecule has 2 heterocycles. The summed E-state index contributed by atoms with van der Waals surface area (Å²) in [5.41, 5.74) is -0.650. The number of halogens is 4. The molecule has 190 valence electrons. The summed E-state index contributed by atoms with van der Waals surface area (Å²) in [6.45, 7) is 1.53. The third kappa shape index (κ3) is 3.76. The topological polar surface area (TPSA) is 109 Å². The zero-order valence-electron chi connectivity index (χ0n) is 19.3. The Labute approximate surface area is 208 Å². The lowest BCUT2D eigenvalue weighted by atomic mass is 9.72. The predicted octanol–water partition coefficient (Wildman–Crippen LogP) is 3.17. The average molecular weight is 523 g/mol. The van der Waals surface area contributed by atoms with E-state index in [4.69, 9.17) is 11.6 Å². The van der Waals surface area contributed by atoms with Gasteiger partial charge in [-0.25, -0.2) is 13.2 Å². The van der Waals surface area contributed by atoms with E-state index < -0.39 is 53.6 Å². The molecule has 0 bridgehead atoms. The Hall–Kier alpha value is -3.34. The maximum atomic E-state index is 13.6. The average Bonchev–Trinajstić information content (AvgIpc) is 3.37. The van der Waals surface area contributed by atoms with E-state index in [1.54, 1.807) is 4.57 Å². The van der Waals surface area contributed by atoms with Crippen molar-refractivity contribution >= 4 is 40.8 Å². The molecule has 5 rings (SSSR count). The Balaban J connectivity index is 1.45. The fraction of sp³-hybridized carbons (Fsp3) is 0.417. The van der Waals surface area contributed by atoms with Crippen LogP contribution in [-0.4, -0.2) is 46.6 Å². The molecule has 12 heteroatoms. The zero-order chi connectivity index (χ0) is 26.2. The van der Waals surface area contributed by atoms with Crippen molar-refractivity contribution < 1.29 is 32.3 Å². The van der Waals surface area contributed by atoms with Crippen LogP contribution >= 0.6 is 11.6 Å². The summed E-state index contributed by atoms with van der Waals surface area (Å²) in [4.78, 5) is 51.7. The molecule has 1 aromatic carbocycles. The number of anilines is 1. The Morgan fingerprint density at radius 3 is 2.47 bits per heavy atom. The monoisotopic (exact) mass is 522 g/mol. The van der Waals surface area contributed by atoms with Gasteiger partial charge in [0.25, 0.3) is 23.5 Å². The lowest BCUT2D eigenvalue weighted by Crippen LogP contribution is -2.69. The molecule has 2 atom stereocenters. The molecule has 3 amide bonds. The van der Waals surface area contributed by atoms with Crippen LogP contribution in [0.5, 0.6) is 0 Å². The van der Waals surface area contributed by atoms with E-state index in [9.17, 15) is 32.3 Å². The number of amides is 3. The molecule has 1 aromatic heterocycles. The van der Waals surface area contributed by atoms with Crippen LogP contribution in [0.4, 0.5) is 18.9 Å². The highest BCUT2D eigenvalue weighted by Gasteiger charge is 2.62. The number of hydrogen-bond acceptors (Lipinski definition) is 4. The van der Waals surface area contributed by atoms with Gasteiger partial charge >= 0.3 is 0 Å². The summed E-state index contributed by atoms with van der Waals surface area (Å²) >= 11 is 5.80. The summed E-state index contributed by atoms with van der Waals surface area (Å²) in [6, 6.07) is 3.71. The number of fused-ring (bicyclic) bond motifs is 3. The van der Waals surface area contributed by atoms with Crippen LogP contribution in [0.2, 0.25) is 5.02 Å². The van der Waals surface area contributed by atoms with Crippen molar-refractivity contribution in [3.05, 3.63) is 51.6 Å². The van der Waals surface area contributed by atoms with Crippen molar-refractivity contribution in [2.75, 3.05) is 12.4 Å². The van der Waals surface area contributed by atoms with E-state index >= 15 is 0 Å². The number of Topliss-reactive ketones (excluding diaryl/α,β-unsaturated/α-hetero) is 1. The van der Waals surface area contributed by atoms with Gasteiger partial charge in [0.2, 0.25) is 5.91 Å². The highest BCUT2D eigenvalue weighted by Crippen LogP contribution is 2.54. The van der Waals surface area contributed by atoms with Crippen molar-refractivity contribution in [3.63, 3.8) is 0 Å². The van der Waals surface area contributed by atoms with Gasteiger partial charge in [0, 0.05) is 37.3 Å². The van der Waals surface area contributed by atoms with Crippen molar-refractivity contribution in [2.24, 2.45) is 5.92 Å². The summed E-state index contributed by atoms with van der Waals surface area (Å²) in [6.07, 6.45) is -0.528. The van der Waals surface area contributed by atoms with Crippen molar-refractivity contribution in [1.29, 1.82) is 0 Å². The molecule has 1 aliphatic heterocycles. The zero-order valence-corrected chi connectivity index (χ0v) is 20.1. The fourth-order valence-corrected chi connectivity index (χ4v) is 5.64. The number of alkyl halides is 2. The van der Waals surface area contributed by atoms with Crippen LogP contribution in [0.15, 0.2) is 18.2 Å². The van der Waals surface area contributed by atoms with Crippen LogP contribution in [-0.2, 0) is 16.0 Å². The molecule has 0 unspecified atom stereocenters. The molecule has 3 aliphatic rings. The van der Waals surface area contributed by atoms with Gasteiger partial charge in [-0.05, 0) is 49.4 Å². The number of benzene rings is 1. The van der Waals surface area contributed by atoms with Gasteiger partial charge in [-0.1, -0.05) is 11.6 Å². The first-order chi connectivity index (χ1) is 16.9. The maximum absolute atomic E-state index is 13.6. The standard InChI is InChI=1S/C24H22ClF3N4O4/c1-10-17(19(33)21(35)31-23(22(36)29-2)8-24(27,28)9-23)16-6-11-5-15(11)32(16)18(10)20(34)30-12-3-4-14(26)13(25)7-12/h3-4,7,11,15H,5-6,8-9H2,1-2H3,(H,29,36)(H,30,34)(H,31,35)/t11-,15-/m0/s1. The number of carbonyl (C=O) groups is 4. The van der Waals surface area contributed by atoms with Gasteiger partial charge in [-0.2, -0.15) is 0 Å². The molecular formula is C24H22ClF3N4O4. The normalized spacial score (nSPS) is 22.1. The molecule has 8 nitrogen and oxygen atoms in total. The molecular weight excluding hydrogens is 501 g/mol. The maximum Gasteiger partial charge on any atom is 0.293 e. The number of nitrogens with one attached hydrogen (secondary N) is 3. The largest absolute Gasteiger partial charge is 0.357 e. The van der Waals surface area contributed by atoms with Gasteiger partial charge in [0.15, 0.2) is 0 Å². The molecule has 3 N–H and O–H groups in total. The summed E-state index contributed by atoms with van der Waals surface area (Å²) < 4.78 is 42.5.